The molecule has 0 radical (unpaired) electrons. The van der Waals surface area contributed by atoms with Crippen molar-refractivity contribution in [2.24, 2.45) is 5.92 Å². The number of aromatic nitrogens is 2. The molecule has 3 amide bonds. The molecule has 1 saturated heterocycles. The van der Waals surface area contributed by atoms with E-state index in [0.29, 0.717) is 36.5 Å². The second-order valence-corrected chi connectivity index (χ2v) is 10.7. The number of fused-ring (bicyclic) bond motifs is 2. The summed E-state index contributed by atoms with van der Waals surface area (Å²) in [7, 11) is 0. The first kappa shape index (κ1) is 22.5. The Morgan fingerprint density at radius 2 is 1.91 bits per heavy atom. The summed E-state index contributed by atoms with van der Waals surface area (Å²) < 4.78 is 0. The third-order valence-electron chi connectivity index (χ3n) is 8.46. The molecule has 1 aromatic heterocycles. The quantitative estimate of drug-likeness (QED) is 0.576. The summed E-state index contributed by atoms with van der Waals surface area (Å²) >= 11 is 0. The number of nitrogens with zero attached hydrogens (tertiary/aromatic N) is 2. The number of amides is 3. The van der Waals surface area contributed by atoms with Crippen molar-refractivity contribution >= 4 is 17.7 Å². The number of hydrogen-bond acceptors (Lipinski definition) is 5. The van der Waals surface area contributed by atoms with Crippen LogP contribution in [0.25, 0.3) is 0 Å². The highest BCUT2D eigenvalue weighted by Crippen LogP contribution is 2.32. The van der Waals surface area contributed by atoms with Gasteiger partial charge >= 0.3 is 0 Å². The number of H-pyrrole nitrogens is 1. The van der Waals surface area contributed by atoms with Gasteiger partial charge in [-0.3, -0.25) is 24.8 Å². The number of carbonyl (C=O) groups is 3. The lowest BCUT2D eigenvalue weighted by Crippen LogP contribution is -2.52. The third kappa shape index (κ3) is 4.40. The lowest BCUT2D eigenvalue weighted by Gasteiger charge is -2.36. The van der Waals surface area contributed by atoms with Crippen LogP contribution in [-0.2, 0) is 35.4 Å². The molecule has 2 aliphatic carbocycles. The summed E-state index contributed by atoms with van der Waals surface area (Å²) in [6, 6.07) is 6.65. The van der Waals surface area contributed by atoms with E-state index in [9.17, 15) is 14.4 Å². The van der Waals surface area contributed by atoms with Crippen LogP contribution >= 0.6 is 0 Å². The van der Waals surface area contributed by atoms with Crippen LogP contribution in [-0.4, -0.2) is 50.9 Å². The van der Waals surface area contributed by atoms with Crippen molar-refractivity contribution in [1.82, 2.24) is 25.7 Å². The SMILES string of the molecule is O=C1CCC(N2Cc3cc(C[C@H]4CCCCC4NC4CCc5[nH]ncc5C4)ccc3C2=O)C(=O)N1. The van der Waals surface area contributed by atoms with E-state index in [-0.39, 0.29) is 24.1 Å². The van der Waals surface area contributed by atoms with Crippen molar-refractivity contribution in [3.05, 3.63) is 52.3 Å². The van der Waals surface area contributed by atoms with E-state index < -0.39 is 6.04 Å². The maximum absolute atomic E-state index is 13.0. The van der Waals surface area contributed by atoms with Crippen LogP contribution in [0.3, 0.4) is 0 Å². The standard InChI is InChI=1S/C27H33N5O3/c33-25-10-9-24(26(34)30-25)32-15-19-12-16(5-7-21(19)27(32)35)11-17-3-1-2-4-22(17)29-20-6-8-23-18(13-20)14-28-31-23/h5,7,12,14,17,20,22,24,29H,1-4,6,8-11,13,15H2,(H,28,31)(H,30,33,34)/t17-,20?,22?,24?/m1/s1. The van der Waals surface area contributed by atoms with Gasteiger partial charge in [-0.2, -0.15) is 5.10 Å². The van der Waals surface area contributed by atoms with E-state index in [0.717, 1.165) is 31.2 Å². The average Bonchev–Trinajstić information content (AvgIpc) is 3.44. The molecule has 0 spiro atoms. The summed E-state index contributed by atoms with van der Waals surface area (Å²) in [6.45, 7) is 0.440. The van der Waals surface area contributed by atoms with E-state index >= 15 is 0 Å². The van der Waals surface area contributed by atoms with Crippen LogP contribution in [0.5, 0.6) is 0 Å². The van der Waals surface area contributed by atoms with Gasteiger partial charge in [0.05, 0.1) is 6.20 Å². The second kappa shape index (κ2) is 9.22. The molecule has 2 fully saturated rings. The van der Waals surface area contributed by atoms with E-state index in [4.69, 9.17) is 0 Å². The Morgan fingerprint density at radius 1 is 1.03 bits per heavy atom. The number of piperidine rings is 1. The third-order valence-corrected chi connectivity index (χ3v) is 8.46. The van der Waals surface area contributed by atoms with Gasteiger partial charge in [0.15, 0.2) is 0 Å². The van der Waals surface area contributed by atoms with Crippen LogP contribution in [0.2, 0.25) is 0 Å². The predicted molar refractivity (Wildman–Crippen MR) is 129 cm³/mol. The number of nitrogens with one attached hydrogen (secondary N) is 3. The lowest BCUT2D eigenvalue weighted by atomic mass is 9.79. The van der Waals surface area contributed by atoms with Crippen LogP contribution in [0, 0.1) is 5.92 Å². The van der Waals surface area contributed by atoms with E-state index in [1.54, 1.807) is 4.90 Å². The van der Waals surface area contributed by atoms with Gasteiger partial charge in [-0.15, -0.1) is 0 Å². The Morgan fingerprint density at radius 3 is 2.80 bits per heavy atom. The molecule has 3 heterocycles. The lowest BCUT2D eigenvalue weighted by molar-refractivity contribution is -0.136. The average molecular weight is 476 g/mol. The van der Waals surface area contributed by atoms with Crippen LogP contribution in [0.1, 0.15) is 77.7 Å². The molecule has 35 heavy (non-hydrogen) atoms. The van der Waals surface area contributed by atoms with Crippen molar-refractivity contribution in [3.8, 4) is 0 Å². The Labute approximate surface area is 205 Å². The minimum atomic E-state index is -0.561. The summed E-state index contributed by atoms with van der Waals surface area (Å²) in [5.74, 6) is -0.138. The first-order valence-electron chi connectivity index (χ1n) is 13.1. The molecule has 4 aliphatic rings. The molecule has 2 aliphatic heterocycles. The van der Waals surface area contributed by atoms with Crippen LogP contribution in [0.4, 0.5) is 0 Å². The normalized spacial score (nSPS) is 28.6. The first-order valence-corrected chi connectivity index (χ1v) is 13.1. The number of aromatic amines is 1. The Kier molecular flexibility index (Phi) is 5.92. The van der Waals surface area contributed by atoms with Gasteiger partial charge in [0.2, 0.25) is 11.8 Å². The van der Waals surface area contributed by atoms with E-state index in [1.807, 2.05) is 12.3 Å². The molecule has 1 aromatic carbocycles. The smallest absolute Gasteiger partial charge is 0.255 e. The number of aryl methyl sites for hydroxylation is 1. The molecule has 4 atom stereocenters. The van der Waals surface area contributed by atoms with Gasteiger partial charge in [-0.1, -0.05) is 25.0 Å². The Hall–Kier alpha value is -3.00. The Bertz CT molecular complexity index is 1160. The molecule has 3 N–H and O–H groups in total. The summed E-state index contributed by atoms with van der Waals surface area (Å²) in [5.41, 5.74) is 5.60. The zero-order valence-corrected chi connectivity index (χ0v) is 20.0. The molecule has 3 unspecified atom stereocenters. The highest BCUT2D eigenvalue weighted by molar-refractivity contribution is 6.05. The van der Waals surface area contributed by atoms with E-state index in [1.165, 1.54) is 42.5 Å². The fourth-order valence-corrected chi connectivity index (χ4v) is 6.59. The molecule has 8 heteroatoms. The van der Waals surface area contributed by atoms with Gasteiger partial charge in [0.1, 0.15) is 6.04 Å². The van der Waals surface area contributed by atoms with Gasteiger partial charge in [0.25, 0.3) is 5.91 Å². The van der Waals surface area contributed by atoms with Crippen molar-refractivity contribution < 1.29 is 14.4 Å². The monoisotopic (exact) mass is 475 g/mol. The van der Waals surface area contributed by atoms with Crippen molar-refractivity contribution in [3.63, 3.8) is 0 Å². The van der Waals surface area contributed by atoms with Crippen molar-refractivity contribution in [2.75, 3.05) is 0 Å². The highest BCUT2D eigenvalue weighted by atomic mass is 16.2. The maximum atomic E-state index is 13.0. The molecular formula is C27H33N5O3. The van der Waals surface area contributed by atoms with Crippen LogP contribution in [0.15, 0.2) is 24.4 Å². The fraction of sp³-hybridized carbons (Fsp3) is 0.556. The summed E-state index contributed by atoms with van der Waals surface area (Å²) in [5, 5.41) is 13.7. The minimum absolute atomic E-state index is 0.103. The van der Waals surface area contributed by atoms with Crippen molar-refractivity contribution in [1.29, 1.82) is 0 Å². The maximum Gasteiger partial charge on any atom is 0.255 e. The predicted octanol–water partition coefficient (Wildman–Crippen LogP) is 2.42. The van der Waals surface area contributed by atoms with Gasteiger partial charge < -0.3 is 10.2 Å². The number of rotatable bonds is 5. The molecule has 8 nitrogen and oxygen atoms in total. The largest absolute Gasteiger partial charge is 0.322 e. The number of imide groups is 1. The topological polar surface area (TPSA) is 107 Å². The molecule has 0 bridgehead atoms. The molecular weight excluding hydrogens is 442 g/mol. The van der Waals surface area contributed by atoms with Gasteiger partial charge in [0, 0.05) is 36.3 Å². The molecule has 2 aromatic rings. The zero-order valence-electron chi connectivity index (χ0n) is 20.0. The first-order chi connectivity index (χ1) is 17.0. The van der Waals surface area contributed by atoms with Gasteiger partial charge in [-0.05, 0) is 73.6 Å². The number of carbonyl (C=O) groups excluding carboxylic acids is 3. The van der Waals surface area contributed by atoms with Gasteiger partial charge in [-0.25, -0.2) is 0 Å². The van der Waals surface area contributed by atoms with E-state index in [2.05, 4.69) is 33.0 Å². The summed E-state index contributed by atoms with van der Waals surface area (Å²) in [6.07, 6.45) is 11.9. The zero-order chi connectivity index (χ0) is 23.9. The van der Waals surface area contributed by atoms with Crippen molar-refractivity contribution in [2.45, 2.75) is 88.9 Å². The fourth-order valence-electron chi connectivity index (χ4n) is 6.59. The Balaban J connectivity index is 1.12. The second-order valence-electron chi connectivity index (χ2n) is 10.7. The minimum Gasteiger partial charge on any atom is -0.322 e. The van der Waals surface area contributed by atoms with Crippen LogP contribution < -0.4 is 10.6 Å². The summed E-state index contributed by atoms with van der Waals surface area (Å²) in [4.78, 5) is 38.5. The number of benzene rings is 1. The molecule has 184 valence electrons. The molecule has 6 rings (SSSR count). The highest BCUT2D eigenvalue weighted by Gasteiger charge is 2.39. The molecule has 1 saturated carbocycles. The number of hydrogen-bond donors (Lipinski definition) is 3.